The number of hydrogen-bond acceptors (Lipinski definition) is 6. The molecule has 2 aromatic rings. The topological polar surface area (TPSA) is 89.1 Å². The molecule has 0 aliphatic carbocycles. The van der Waals surface area contributed by atoms with Crippen molar-refractivity contribution < 1.29 is 9.32 Å². The van der Waals surface area contributed by atoms with Gasteiger partial charge in [0.1, 0.15) is 6.54 Å². The molecule has 1 N–H and O–H groups in total. The van der Waals surface area contributed by atoms with Crippen LogP contribution < -0.4 is 5.32 Å². The molecular formula is C16H24N6O2. The van der Waals surface area contributed by atoms with Gasteiger partial charge in [0.2, 0.25) is 11.8 Å². The molecule has 0 radical (unpaired) electrons. The van der Waals surface area contributed by atoms with Gasteiger partial charge in [0.15, 0.2) is 5.82 Å². The van der Waals surface area contributed by atoms with E-state index in [2.05, 4.69) is 20.6 Å². The number of likely N-dealkylation sites (tertiary alicyclic amines) is 1. The molecule has 8 heteroatoms. The highest BCUT2D eigenvalue weighted by molar-refractivity contribution is 5.82. The fraction of sp³-hybridized carbons (Fsp3) is 0.625. The van der Waals surface area contributed by atoms with Crippen LogP contribution in [0.5, 0.6) is 0 Å². The van der Waals surface area contributed by atoms with Crippen LogP contribution in [0.1, 0.15) is 42.4 Å². The number of carbonyl (C=O) groups is 1. The number of rotatable bonds is 5. The number of nitrogens with zero attached hydrogens (tertiary/aromatic N) is 5. The predicted molar refractivity (Wildman–Crippen MR) is 86.9 cm³/mol. The molecule has 0 saturated carbocycles. The summed E-state index contributed by atoms with van der Waals surface area (Å²) in [5.74, 6) is 1.18. The Labute approximate surface area is 141 Å². The molecule has 1 atom stereocenters. The lowest BCUT2D eigenvalue weighted by molar-refractivity contribution is -0.133. The van der Waals surface area contributed by atoms with Gasteiger partial charge in [-0.05, 0) is 39.2 Å². The molecule has 3 rings (SSSR count). The summed E-state index contributed by atoms with van der Waals surface area (Å²) in [4.78, 5) is 18.8. The Kier molecular flexibility index (Phi) is 4.94. The van der Waals surface area contributed by atoms with E-state index in [0.717, 1.165) is 37.2 Å². The minimum atomic E-state index is -0.188. The Bertz CT molecular complexity index is 707. The van der Waals surface area contributed by atoms with E-state index in [-0.39, 0.29) is 11.9 Å². The largest absolute Gasteiger partial charge is 0.337 e. The van der Waals surface area contributed by atoms with Crippen molar-refractivity contribution in [1.29, 1.82) is 0 Å². The lowest BCUT2D eigenvalue weighted by Gasteiger charge is -2.23. The Hall–Kier alpha value is -2.22. The van der Waals surface area contributed by atoms with Crippen LogP contribution >= 0.6 is 0 Å². The quantitative estimate of drug-likeness (QED) is 0.882. The van der Waals surface area contributed by atoms with Crippen LogP contribution in [0.3, 0.4) is 0 Å². The summed E-state index contributed by atoms with van der Waals surface area (Å²) in [6.45, 7) is 5.47. The van der Waals surface area contributed by atoms with Crippen molar-refractivity contribution in [1.82, 2.24) is 30.1 Å². The molecule has 2 aromatic heterocycles. The SMILES string of the molecule is Cc1cc(CNC2CCCCN(Cc3nc(C)no3)C2=O)n(C)n1. The van der Waals surface area contributed by atoms with Gasteiger partial charge < -0.3 is 14.7 Å². The molecule has 1 saturated heterocycles. The molecule has 24 heavy (non-hydrogen) atoms. The Morgan fingerprint density at radius 3 is 2.88 bits per heavy atom. The van der Waals surface area contributed by atoms with Crippen LogP contribution in [-0.2, 0) is 24.9 Å². The Morgan fingerprint density at radius 1 is 1.38 bits per heavy atom. The van der Waals surface area contributed by atoms with E-state index in [0.29, 0.717) is 24.8 Å². The van der Waals surface area contributed by atoms with Gasteiger partial charge in [-0.3, -0.25) is 9.48 Å². The van der Waals surface area contributed by atoms with Crippen molar-refractivity contribution in [2.45, 2.75) is 52.2 Å². The Balaban J connectivity index is 1.64. The monoisotopic (exact) mass is 332 g/mol. The van der Waals surface area contributed by atoms with E-state index in [1.807, 2.05) is 29.6 Å². The average Bonchev–Trinajstić information content (AvgIpc) is 3.03. The maximum absolute atomic E-state index is 12.8. The summed E-state index contributed by atoms with van der Waals surface area (Å²) in [6, 6.07) is 1.85. The predicted octanol–water partition coefficient (Wildman–Crippen LogP) is 1.09. The third kappa shape index (κ3) is 3.81. The summed E-state index contributed by atoms with van der Waals surface area (Å²) in [5.41, 5.74) is 2.05. The number of aromatic nitrogens is 4. The highest BCUT2D eigenvalue weighted by Crippen LogP contribution is 2.15. The second kappa shape index (κ2) is 7.12. The molecule has 3 heterocycles. The number of hydrogen-bond donors (Lipinski definition) is 1. The first-order valence-electron chi connectivity index (χ1n) is 8.34. The molecule has 0 bridgehead atoms. The molecular weight excluding hydrogens is 308 g/mol. The molecule has 0 spiro atoms. The van der Waals surface area contributed by atoms with E-state index >= 15 is 0 Å². The maximum Gasteiger partial charge on any atom is 0.246 e. The minimum Gasteiger partial charge on any atom is -0.337 e. The van der Waals surface area contributed by atoms with Gasteiger partial charge in [0.05, 0.1) is 17.4 Å². The molecule has 1 amide bonds. The molecule has 1 aliphatic rings. The lowest BCUT2D eigenvalue weighted by atomic mass is 10.1. The lowest BCUT2D eigenvalue weighted by Crippen LogP contribution is -2.44. The van der Waals surface area contributed by atoms with E-state index in [9.17, 15) is 4.79 Å². The highest BCUT2D eigenvalue weighted by atomic mass is 16.5. The van der Waals surface area contributed by atoms with Crippen molar-refractivity contribution in [3.8, 4) is 0 Å². The van der Waals surface area contributed by atoms with Gasteiger partial charge in [-0.15, -0.1) is 0 Å². The van der Waals surface area contributed by atoms with Crippen molar-refractivity contribution in [3.63, 3.8) is 0 Å². The zero-order valence-electron chi connectivity index (χ0n) is 14.4. The first kappa shape index (κ1) is 16.6. The fourth-order valence-corrected chi connectivity index (χ4v) is 3.08. The van der Waals surface area contributed by atoms with Crippen molar-refractivity contribution >= 4 is 5.91 Å². The summed E-state index contributed by atoms with van der Waals surface area (Å²) in [6.07, 6.45) is 2.85. The van der Waals surface area contributed by atoms with Gasteiger partial charge in [0.25, 0.3) is 0 Å². The number of amides is 1. The van der Waals surface area contributed by atoms with Crippen molar-refractivity contribution in [2.75, 3.05) is 6.54 Å². The number of aryl methyl sites for hydroxylation is 3. The first-order chi connectivity index (χ1) is 11.5. The molecule has 1 fully saturated rings. The van der Waals surface area contributed by atoms with Crippen LogP contribution in [0.25, 0.3) is 0 Å². The van der Waals surface area contributed by atoms with E-state index < -0.39 is 0 Å². The second-order valence-electron chi connectivity index (χ2n) is 6.33. The standard InChI is InChI=1S/C16H24N6O2/c1-11-8-13(21(3)19-11)9-17-14-6-4-5-7-22(16(14)23)10-15-18-12(2)20-24-15/h8,14,17H,4-7,9-10H2,1-3H3. The molecule has 1 aliphatic heterocycles. The third-order valence-corrected chi connectivity index (χ3v) is 4.30. The smallest absolute Gasteiger partial charge is 0.246 e. The Morgan fingerprint density at radius 2 is 2.21 bits per heavy atom. The average molecular weight is 332 g/mol. The van der Waals surface area contributed by atoms with Crippen LogP contribution in [0.4, 0.5) is 0 Å². The van der Waals surface area contributed by atoms with Gasteiger partial charge in [-0.2, -0.15) is 10.1 Å². The van der Waals surface area contributed by atoms with Gasteiger partial charge in [-0.25, -0.2) is 0 Å². The van der Waals surface area contributed by atoms with Gasteiger partial charge >= 0.3 is 0 Å². The van der Waals surface area contributed by atoms with E-state index in [1.54, 1.807) is 6.92 Å². The maximum atomic E-state index is 12.8. The summed E-state index contributed by atoms with van der Waals surface area (Å²) < 4.78 is 7.00. The third-order valence-electron chi connectivity index (χ3n) is 4.30. The number of carbonyl (C=O) groups excluding carboxylic acids is 1. The zero-order valence-corrected chi connectivity index (χ0v) is 14.4. The van der Waals surface area contributed by atoms with Crippen molar-refractivity contribution in [3.05, 3.63) is 29.2 Å². The van der Waals surface area contributed by atoms with Crippen LogP contribution in [0.15, 0.2) is 10.6 Å². The molecule has 8 nitrogen and oxygen atoms in total. The van der Waals surface area contributed by atoms with Gasteiger partial charge in [0, 0.05) is 20.1 Å². The highest BCUT2D eigenvalue weighted by Gasteiger charge is 2.28. The van der Waals surface area contributed by atoms with E-state index in [4.69, 9.17) is 4.52 Å². The van der Waals surface area contributed by atoms with Gasteiger partial charge in [-0.1, -0.05) is 5.16 Å². The first-order valence-corrected chi connectivity index (χ1v) is 8.34. The minimum absolute atomic E-state index is 0.0993. The molecule has 0 aromatic carbocycles. The number of nitrogens with one attached hydrogen (secondary N) is 1. The summed E-state index contributed by atoms with van der Waals surface area (Å²) in [5, 5.41) is 11.5. The summed E-state index contributed by atoms with van der Waals surface area (Å²) >= 11 is 0. The van der Waals surface area contributed by atoms with Crippen molar-refractivity contribution in [2.24, 2.45) is 7.05 Å². The zero-order chi connectivity index (χ0) is 17.1. The second-order valence-corrected chi connectivity index (χ2v) is 6.33. The fourth-order valence-electron chi connectivity index (χ4n) is 3.08. The van der Waals surface area contributed by atoms with Crippen LogP contribution in [-0.4, -0.2) is 43.3 Å². The van der Waals surface area contributed by atoms with Crippen LogP contribution in [0, 0.1) is 13.8 Å². The van der Waals surface area contributed by atoms with Crippen LogP contribution in [0.2, 0.25) is 0 Å². The normalized spacial score (nSPS) is 18.9. The molecule has 130 valence electrons. The molecule has 1 unspecified atom stereocenters. The summed E-state index contributed by atoms with van der Waals surface area (Å²) in [7, 11) is 1.92. The van der Waals surface area contributed by atoms with E-state index in [1.165, 1.54) is 0 Å².